The average Bonchev–Trinajstić information content (AvgIpc) is 2.76. The highest BCUT2D eigenvalue weighted by molar-refractivity contribution is 6.33. The average molecular weight is 301 g/mol. The van der Waals surface area contributed by atoms with Crippen LogP contribution in [0.25, 0.3) is 11.2 Å². The third kappa shape index (κ3) is 2.36. The highest BCUT2D eigenvalue weighted by Gasteiger charge is 2.17. The Morgan fingerprint density at radius 1 is 1.19 bits per heavy atom. The molecule has 0 saturated carbocycles. The maximum absolute atomic E-state index is 12.6. The Morgan fingerprint density at radius 2 is 1.95 bits per heavy atom. The van der Waals surface area contributed by atoms with Crippen molar-refractivity contribution in [3.05, 3.63) is 70.5 Å². The quantitative estimate of drug-likeness (QED) is 0.549. The summed E-state index contributed by atoms with van der Waals surface area (Å²) in [4.78, 5) is 20.8. The molecule has 0 atom stereocenters. The third-order valence-electron chi connectivity index (χ3n) is 3.24. The first-order chi connectivity index (χ1) is 10.2. The van der Waals surface area contributed by atoms with Crippen LogP contribution in [0.15, 0.2) is 54.1 Å². The fourth-order valence-corrected chi connectivity index (χ4v) is 2.55. The predicted molar refractivity (Wildman–Crippen MR) is 82.5 cm³/mol. The number of halogens is 1. The van der Waals surface area contributed by atoms with E-state index in [0.717, 1.165) is 5.56 Å². The van der Waals surface area contributed by atoms with Crippen LogP contribution in [0.3, 0.4) is 0 Å². The van der Waals surface area contributed by atoms with E-state index >= 15 is 0 Å². The number of aromatic nitrogens is 4. The zero-order chi connectivity index (χ0) is 14.8. The van der Waals surface area contributed by atoms with Crippen molar-refractivity contribution in [2.75, 3.05) is 0 Å². The van der Waals surface area contributed by atoms with Crippen molar-refractivity contribution < 1.29 is 0 Å². The van der Waals surface area contributed by atoms with Gasteiger partial charge in [-0.25, -0.2) is 14.8 Å². The van der Waals surface area contributed by atoms with Crippen molar-refractivity contribution in [3.63, 3.8) is 0 Å². The molecular formula is C15H13ClN4O. The molecule has 0 radical (unpaired) electrons. The van der Waals surface area contributed by atoms with E-state index in [9.17, 15) is 4.79 Å². The second-order valence-electron chi connectivity index (χ2n) is 4.59. The summed E-state index contributed by atoms with van der Waals surface area (Å²) in [5.41, 5.74) is 1.92. The molecule has 0 spiro atoms. The maximum Gasteiger partial charge on any atom is 0.331 e. The van der Waals surface area contributed by atoms with Gasteiger partial charge in [0.05, 0.1) is 6.54 Å². The van der Waals surface area contributed by atoms with Gasteiger partial charge in [0, 0.05) is 6.54 Å². The lowest BCUT2D eigenvalue weighted by atomic mass is 10.2. The van der Waals surface area contributed by atoms with Crippen LogP contribution in [0.2, 0.25) is 5.15 Å². The Hall–Kier alpha value is -2.40. The highest BCUT2D eigenvalue weighted by Crippen LogP contribution is 2.19. The molecule has 3 aromatic rings. The van der Waals surface area contributed by atoms with Gasteiger partial charge in [0.2, 0.25) is 0 Å². The van der Waals surface area contributed by atoms with E-state index < -0.39 is 0 Å². The Labute approximate surface area is 126 Å². The summed E-state index contributed by atoms with van der Waals surface area (Å²) in [6.45, 7) is 4.48. The molecule has 21 heavy (non-hydrogen) atoms. The Kier molecular flexibility index (Phi) is 3.58. The Balaban J connectivity index is 2.23. The van der Waals surface area contributed by atoms with Gasteiger partial charge in [0.15, 0.2) is 10.8 Å². The topological polar surface area (TPSA) is 52.7 Å². The van der Waals surface area contributed by atoms with Gasteiger partial charge in [-0.15, -0.1) is 6.58 Å². The number of imidazole rings is 1. The van der Waals surface area contributed by atoms with Crippen LogP contribution in [-0.4, -0.2) is 19.1 Å². The van der Waals surface area contributed by atoms with E-state index in [0.29, 0.717) is 24.3 Å². The lowest BCUT2D eigenvalue weighted by Gasteiger charge is -2.02. The smallest absolute Gasteiger partial charge is 0.284 e. The summed E-state index contributed by atoms with van der Waals surface area (Å²) in [7, 11) is 0. The van der Waals surface area contributed by atoms with Gasteiger partial charge in [0.25, 0.3) is 0 Å². The van der Waals surface area contributed by atoms with E-state index in [4.69, 9.17) is 11.6 Å². The van der Waals surface area contributed by atoms with Crippen LogP contribution in [0.5, 0.6) is 0 Å². The highest BCUT2D eigenvalue weighted by atomic mass is 35.5. The Bertz CT molecular complexity index is 851. The van der Waals surface area contributed by atoms with Crippen molar-refractivity contribution in [1.82, 2.24) is 19.1 Å². The van der Waals surface area contributed by atoms with Gasteiger partial charge < -0.3 is 0 Å². The standard InChI is InChI=1S/C15H13ClN4O/c1-2-8-19-12-13(16)17-10-18-14(12)20(15(19)21)9-11-6-4-3-5-7-11/h2-7,10H,1,8-9H2. The molecule has 0 aliphatic carbocycles. The van der Waals surface area contributed by atoms with Crippen molar-refractivity contribution in [2.45, 2.75) is 13.1 Å². The van der Waals surface area contributed by atoms with Gasteiger partial charge in [-0.2, -0.15) is 0 Å². The molecule has 0 unspecified atom stereocenters. The van der Waals surface area contributed by atoms with Crippen LogP contribution in [-0.2, 0) is 13.1 Å². The molecule has 0 bridgehead atoms. The number of rotatable bonds is 4. The summed E-state index contributed by atoms with van der Waals surface area (Å²) in [5.74, 6) is 0. The van der Waals surface area contributed by atoms with Crippen LogP contribution in [0.1, 0.15) is 5.56 Å². The van der Waals surface area contributed by atoms with Crippen molar-refractivity contribution in [2.24, 2.45) is 0 Å². The second-order valence-corrected chi connectivity index (χ2v) is 4.95. The van der Waals surface area contributed by atoms with E-state index in [-0.39, 0.29) is 10.8 Å². The zero-order valence-electron chi connectivity index (χ0n) is 11.2. The van der Waals surface area contributed by atoms with Crippen molar-refractivity contribution >= 4 is 22.8 Å². The lowest BCUT2D eigenvalue weighted by molar-refractivity contribution is 0.706. The van der Waals surface area contributed by atoms with Crippen LogP contribution < -0.4 is 5.69 Å². The van der Waals surface area contributed by atoms with E-state index in [1.54, 1.807) is 10.6 Å². The fourth-order valence-electron chi connectivity index (χ4n) is 2.32. The first-order valence-electron chi connectivity index (χ1n) is 6.46. The normalized spacial score (nSPS) is 10.9. The number of nitrogens with zero attached hydrogens (tertiary/aromatic N) is 4. The monoisotopic (exact) mass is 300 g/mol. The number of hydrogen-bond donors (Lipinski definition) is 0. The summed E-state index contributed by atoms with van der Waals surface area (Å²) >= 11 is 6.13. The van der Waals surface area contributed by atoms with Gasteiger partial charge in [0.1, 0.15) is 11.8 Å². The third-order valence-corrected chi connectivity index (χ3v) is 3.52. The van der Waals surface area contributed by atoms with E-state index in [1.807, 2.05) is 30.3 Å². The molecule has 1 aromatic carbocycles. The first kappa shape index (κ1) is 13.6. The van der Waals surface area contributed by atoms with Crippen molar-refractivity contribution in [1.29, 1.82) is 0 Å². The molecule has 0 fully saturated rings. The SMILES string of the molecule is C=CCn1c(=O)n(Cc2ccccc2)c2ncnc(Cl)c21. The van der Waals surface area contributed by atoms with Gasteiger partial charge in [-0.05, 0) is 5.56 Å². The number of fused-ring (bicyclic) bond motifs is 1. The van der Waals surface area contributed by atoms with Gasteiger partial charge in [-0.3, -0.25) is 9.13 Å². The first-order valence-corrected chi connectivity index (χ1v) is 6.84. The van der Waals surface area contributed by atoms with Gasteiger partial charge >= 0.3 is 5.69 Å². The largest absolute Gasteiger partial charge is 0.331 e. The van der Waals surface area contributed by atoms with E-state index in [1.165, 1.54) is 10.9 Å². The maximum atomic E-state index is 12.6. The number of benzene rings is 1. The minimum absolute atomic E-state index is 0.170. The molecule has 0 aliphatic heterocycles. The zero-order valence-corrected chi connectivity index (χ0v) is 12.0. The van der Waals surface area contributed by atoms with Crippen LogP contribution >= 0.6 is 11.6 Å². The lowest BCUT2D eigenvalue weighted by Crippen LogP contribution is -2.24. The summed E-state index contributed by atoms with van der Waals surface area (Å²) in [6, 6.07) is 9.74. The Morgan fingerprint density at radius 3 is 2.67 bits per heavy atom. The molecule has 0 aliphatic rings. The molecule has 3 rings (SSSR count). The number of allylic oxidation sites excluding steroid dienone is 1. The summed E-state index contributed by atoms with van der Waals surface area (Å²) < 4.78 is 3.13. The summed E-state index contributed by atoms with van der Waals surface area (Å²) in [6.07, 6.45) is 3.01. The predicted octanol–water partition coefficient (Wildman–Crippen LogP) is 2.48. The van der Waals surface area contributed by atoms with Crippen LogP contribution in [0, 0.1) is 0 Å². The molecule has 0 saturated heterocycles. The molecule has 2 heterocycles. The van der Waals surface area contributed by atoms with Crippen molar-refractivity contribution in [3.8, 4) is 0 Å². The molecule has 2 aromatic heterocycles. The molecular weight excluding hydrogens is 288 g/mol. The molecule has 5 nitrogen and oxygen atoms in total. The summed E-state index contributed by atoms with van der Waals surface area (Å²) in [5, 5.41) is 0.269. The number of hydrogen-bond acceptors (Lipinski definition) is 3. The molecule has 6 heteroatoms. The molecule has 0 amide bonds. The van der Waals surface area contributed by atoms with Crippen LogP contribution in [0.4, 0.5) is 0 Å². The molecule has 0 N–H and O–H groups in total. The second kappa shape index (κ2) is 5.54. The van der Waals surface area contributed by atoms with Gasteiger partial charge in [-0.1, -0.05) is 48.0 Å². The minimum atomic E-state index is -0.170. The minimum Gasteiger partial charge on any atom is -0.284 e. The molecule has 106 valence electrons. The fraction of sp³-hybridized carbons (Fsp3) is 0.133. The van der Waals surface area contributed by atoms with E-state index in [2.05, 4.69) is 16.5 Å².